The summed E-state index contributed by atoms with van der Waals surface area (Å²) < 4.78 is 11.0. The average molecular weight is 349 g/mol. The fraction of sp³-hybridized carbons (Fsp3) is 0.304. The third-order valence-electron chi connectivity index (χ3n) is 4.48. The van der Waals surface area contributed by atoms with E-state index in [9.17, 15) is 0 Å². The number of anilines is 1. The molecule has 3 aromatic carbocycles. The molecule has 1 atom stereocenters. The van der Waals surface area contributed by atoms with Crippen LogP contribution in [0.25, 0.3) is 10.8 Å². The number of hydrogen-bond acceptors (Lipinski definition) is 3. The van der Waals surface area contributed by atoms with Crippen LogP contribution in [0.15, 0.2) is 60.7 Å². The van der Waals surface area contributed by atoms with Crippen LogP contribution in [0.4, 0.5) is 5.69 Å². The Morgan fingerprint density at radius 1 is 0.808 bits per heavy atom. The molecular weight excluding hydrogens is 322 g/mol. The Morgan fingerprint density at radius 2 is 1.46 bits per heavy atom. The molecule has 0 spiro atoms. The van der Waals surface area contributed by atoms with E-state index in [4.69, 9.17) is 9.47 Å². The van der Waals surface area contributed by atoms with Gasteiger partial charge < -0.3 is 14.8 Å². The molecule has 1 N–H and O–H groups in total. The van der Waals surface area contributed by atoms with Gasteiger partial charge in [0.15, 0.2) is 0 Å². The molecule has 0 saturated carbocycles. The highest BCUT2D eigenvalue weighted by molar-refractivity contribution is 5.84. The fourth-order valence-electron chi connectivity index (χ4n) is 2.99. The molecule has 3 aromatic rings. The summed E-state index contributed by atoms with van der Waals surface area (Å²) in [5, 5.41) is 5.96. The minimum absolute atomic E-state index is 0.196. The lowest BCUT2D eigenvalue weighted by Crippen LogP contribution is -2.10. The highest BCUT2D eigenvalue weighted by Gasteiger charge is 2.07. The monoisotopic (exact) mass is 349 g/mol. The van der Waals surface area contributed by atoms with E-state index in [0.717, 1.165) is 23.7 Å². The van der Waals surface area contributed by atoms with Crippen molar-refractivity contribution in [3.8, 4) is 11.5 Å². The minimum atomic E-state index is 0.196. The Balaban J connectivity index is 1.64. The number of ether oxygens (including phenoxy) is 2. The Kier molecular flexibility index (Phi) is 5.67. The van der Waals surface area contributed by atoms with Crippen molar-refractivity contribution in [2.24, 2.45) is 0 Å². The molecule has 0 aromatic heterocycles. The molecule has 0 fully saturated rings. The van der Waals surface area contributed by atoms with Crippen molar-refractivity contribution in [2.75, 3.05) is 19.0 Å². The van der Waals surface area contributed by atoms with Crippen LogP contribution in [0, 0.1) is 0 Å². The summed E-state index contributed by atoms with van der Waals surface area (Å²) in [5.74, 6) is 2.21. The molecule has 3 nitrogen and oxygen atoms in total. The van der Waals surface area contributed by atoms with Gasteiger partial charge in [-0.25, -0.2) is 0 Å². The second-order valence-corrected chi connectivity index (χ2v) is 6.95. The van der Waals surface area contributed by atoms with Gasteiger partial charge in [0.25, 0.3) is 0 Å². The van der Waals surface area contributed by atoms with Gasteiger partial charge in [0.1, 0.15) is 11.5 Å². The van der Waals surface area contributed by atoms with Crippen molar-refractivity contribution in [3.63, 3.8) is 0 Å². The first-order valence-corrected chi connectivity index (χ1v) is 9.13. The summed E-state index contributed by atoms with van der Waals surface area (Å²) in [6.07, 6.45) is 0.196. The Bertz CT molecular complexity index is 856. The first-order valence-electron chi connectivity index (χ1n) is 9.13. The van der Waals surface area contributed by atoms with Crippen molar-refractivity contribution in [1.29, 1.82) is 0 Å². The van der Waals surface area contributed by atoms with Crippen molar-refractivity contribution < 1.29 is 9.47 Å². The summed E-state index contributed by atoms with van der Waals surface area (Å²) in [6.45, 7) is 7.20. The standard InChI is InChI=1S/C23H27NO2/c1-16(2)26-22-11-8-21(9-12-22)24-15-17(3)18-5-6-20-14-23(25-4)10-7-19(20)13-18/h5-14,16-17,24H,15H2,1-4H3. The molecule has 136 valence electrons. The minimum Gasteiger partial charge on any atom is -0.497 e. The SMILES string of the molecule is COc1ccc2cc(C(C)CNc3ccc(OC(C)C)cc3)ccc2c1. The number of nitrogens with one attached hydrogen (secondary N) is 1. The molecule has 0 heterocycles. The first-order chi connectivity index (χ1) is 12.5. The lowest BCUT2D eigenvalue weighted by Gasteiger charge is -2.16. The lowest BCUT2D eigenvalue weighted by atomic mass is 9.97. The predicted octanol–water partition coefficient (Wildman–Crippen LogP) is 5.85. The maximum absolute atomic E-state index is 5.68. The summed E-state index contributed by atoms with van der Waals surface area (Å²) in [6, 6.07) is 21.0. The largest absolute Gasteiger partial charge is 0.497 e. The molecule has 0 radical (unpaired) electrons. The van der Waals surface area contributed by atoms with E-state index in [-0.39, 0.29) is 6.10 Å². The molecule has 0 aliphatic heterocycles. The number of hydrogen-bond donors (Lipinski definition) is 1. The Hall–Kier alpha value is -2.68. The van der Waals surface area contributed by atoms with E-state index in [0.29, 0.717) is 5.92 Å². The van der Waals surface area contributed by atoms with Gasteiger partial charge in [-0.05, 0) is 72.5 Å². The smallest absolute Gasteiger partial charge is 0.119 e. The quantitative estimate of drug-likeness (QED) is 0.580. The van der Waals surface area contributed by atoms with Crippen LogP contribution in [0.5, 0.6) is 11.5 Å². The van der Waals surface area contributed by atoms with Crippen molar-refractivity contribution >= 4 is 16.5 Å². The summed E-state index contributed by atoms with van der Waals surface area (Å²) >= 11 is 0. The summed E-state index contributed by atoms with van der Waals surface area (Å²) in [7, 11) is 1.70. The van der Waals surface area contributed by atoms with Crippen molar-refractivity contribution in [1.82, 2.24) is 0 Å². The number of fused-ring (bicyclic) bond motifs is 1. The van der Waals surface area contributed by atoms with E-state index in [1.54, 1.807) is 7.11 Å². The molecule has 0 bridgehead atoms. The number of rotatable bonds is 7. The maximum atomic E-state index is 5.68. The average Bonchev–Trinajstić information content (AvgIpc) is 2.66. The zero-order chi connectivity index (χ0) is 18.5. The van der Waals surface area contributed by atoms with Crippen LogP contribution in [0.1, 0.15) is 32.3 Å². The van der Waals surface area contributed by atoms with E-state index >= 15 is 0 Å². The van der Waals surface area contributed by atoms with Gasteiger partial charge in [-0.15, -0.1) is 0 Å². The first kappa shape index (κ1) is 18.1. The molecule has 3 rings (SSSR count). The molecular formula is C23H27NO2. The Morgan fingerprint density at radius 3 is 2.15 bits per heavy atom. The third kappa shape index (κ3) is 4.48. The highest BCUT2D eigenvalue weighted by Crippen LogP contribution is 2.25. The third-order valence-corrected chi connectivity index (χ3v) is 4.48. The van der Waals surface area contributed by atoms with E-state index in [1.807, 2.05) is 32.0 Å². The van der Waals surface area contributed by atoms with Crippen LogP contribution >= 0.6 is 0 Å². The second-order valence-electron chi connectivity index (χ2n) is 6.95. The molecule has 3 heteroatoms. The van der Waals surface area contributed by atoms with E-state index < -0.39 is 0 Å². The van der Waals surface area contributed by atoms with Crippen LogP contribution < -0.4 is 14.8 Å². The fourth-order valence-corrected chi connectivity index (χ4v) is 2.99. The zero-order valence-electron chi connectivity index (χ0n) is 16.0. The van der Waals surface area contributed by atoms with Crippen LogP contribution in [0.3, 0.4) is 0 Å². The summed E-state index contributed by atoms with van der Waals surface area (Å²) in [4.78, 5) is 0. The summed E-state index contributed by atoms with van der Waals surface area (Å²) in [5.41, 5.74) is 2.44. The lowest BCUT2D eigenvalue weighted by molar-refractivity contribution is 0.242. The maximum Gasteiger partial charge on any atom is 0.119 e. The van der Waals surface area contributed by atoms with Gasteiger partial charge in [-0.1, -0.05) is 31.2 Å². The topological polar surface area (TPSA) is 30.5 Å². The van der Waals surface area contributed by atoms with Gasteiger partial charge in [-0.2, -0.15) is 0 Å². The van der Waals surface area contributed by atoms with Crippen LogP contribution in [-0.2, 0) is 0 Å². The van der Waals surface area contributed by atoms with E-state index in [1.165, 1.54) is 16.3 Å². The van der Waals surface area contributed by atoms with Crippen LogP contribution in [-0.4, -0.2) is 19.8 Å². The number of methoxy groups -OCH3 is 1. The van der Waals surface area contributed by atoms with Crippen molar-refractivity contribution in [3.05, 3.63) is 66.2 Å². The second kappa shape index (κ2) is 8.13. The molecule has 0 saturated heterocycles. The molecule has 0 aliphatic rings. The molecule has 26 heavy (non-hydrogen) atoms. The zero-order valence-corrected chi connectivity index (χ0v) is 16.0. The van der Waals surface area contributed by atoms with Gasteiger partial charge in [0, 0.05) is 12.2 Å². The Labute approximate surface area is 156 Å². The molecule has 0 aliphatic carbocycles. The normalized spacial score (nSPS) is 12.2. The van der Waals surface area contributed by atoms with E-state index in [2.05, 4.69) is 54.7 Å². The van der Waals surface area contributed by atoms with Crippen LogP contribution in [0.2, 0.25) is 0 Å². The van der Waals surface area contributed by atoms with Gasteiger partial charge in [0.05, 0.1) is 13.2 Å². The predicted molar refractivity (Wildman–Crippen MR) is 110 cm³/mol. The van der Waals surface area contributed by atoms with Gasteiger partial charge >= 0.3 is 0 Å². The molecule has 1 unspecified atom stereocenters. The molecule has 0 amide bonds. The number of benzene rings is 3. The highest BCUT2D eigenvalue weighted by atomic mass is 16.5. The van der Waals surface area contributed by atoms with Gasteiger partial charge in [0.2, 0.25) is 0 Å². The van der Waals surface area contributed by atoms with Crippen molar-refractivity contribution in [2.45, 2.75) is 32.8 Å². The van der Waals surface area contributed by atoms with Gasteiger partial charge in [-0.3, -0.25) is 0 Å².